The molecule has 0 unspecified atom stereocenters. The predicted octanol–water partition coefficient (Wildman–Crippen LogP) is 0.0414. The summed E-state index contributed by atoms with van der Waals surface area (Å²) in [7, 11) is 0. The number of aromatic amines is 1. The van der Waals surface area contributed by atoms with Gasteiger partial charge in [-0.3, -0.25) is 9.78 Å². The zero-order chi connectivity index (χ0) is 9.97. The van der Waals surface area contributed by atoms with Crippen LogP contribution in [0.15, 0.2) is 32.6 Å². The third-order valence-electron chi connectivity index (χ3n) is 1.69. The predicted molar refractivity (Wildman–Crippen MR) is 52.5 cm³/mol. The summed E-state index contributed by atoms with van der Waals surface area (Å²) in [6.45, 7) is 0.388. The third-order valence-corrected chi connectivity index (χ3v) is 2.42. The molecule has 0 atom stereocenters. The van der Waals surface area contributed by atoms with Crippen molar-refractivity contribution in [3.05, 3.63) is 49.4 Å². The van der Waals surface area contributed by atoms with Crippen LogP contribution in [0.3, 0.4) is 0 Å². The minimum absolute atomic E-state index is 0.388. The highest BCUT2D eigenvalue weighted by atomic mass is 32.1. The summed E-state index contributed by atoms with van der Waals surface area (Å²) < 4.78 is 1.21. The van der Waals surface area contributed by atoms with Crippen molar-refractivity contribution in [1.29, 1.82) is 0 Å². The molecule has 1 N–H and O–H groups in total. The second kappa shape index (κ2) is 3.59. The van der Waals surface area contributed by atoms with Crippen LogP contribution in [0.1, 0.15) is 5.56 Å². The van der Waals surface area contributed by atoms with E-state index < -0.39 is 11.2 Å². The molecule has 0 bridgehead atoms. The molecule has 0 aromatic carbocycles. The third kappa shape index (κ3) is 1.80. The smallest absolute Gasteiger partial charge is 0.271 e. The van der Waals surface area contributed by atoms with Crippen LogP contribution in [0.2, 0.25) is 0 Å². The molecule has 0 saturated heterocycles. The average molecular weight is 209 g/mol. The maximum atomic E-state index is 11.2. The standard InChI is InChI=1S/C8H7N3O2S/c12-7-3-9-11(8(13)10-7)4-6-1-2-14-5-6/h1-3,5H,4H2,(H,10,12,13). The molecule has 2 heterocycles. The van der Waals surface area contributed by atoms with E-state index >= 15 is 0 Å². The number of hydrogen-bond acceptors (Lipinski definition) is 4. The van der Waals surface area contributed by atoms with Crippen molar-refractivity contribution in [2.24, 2.45) is 0 Å². The van der Waals surface area contributed by atoms with Gasteiger partial charge < -0.3 is 0 Å². The van der Waals surface area contributed by atoms with Crippen molar-refractivity contribution in [3.8, 4) is 0 Å². The summed E-state index contributed by atoms with van der Waals surface area (Å²) in [6.07, 6.45) is 1.09. The van der Waals surface area contributed by atoms with Gasteiger partial charge in [0.2, 0.25) is 0 Å². The zero-order valence-corrected chi connectivity index (χ0v) is 7.95. The van der Waals surface area contributed by atoms with E-state index in [0.717, 1.165) is 11.8 Å². The molecule has 0 aliphatic heterocycles. The van der Waals surface area contributed by atoms with Crippen molar-refractivity contribution >= 4 is 11.3 Å². The Morgan fingerprint density at radius 2 is 2.36 bits per heavy atom. The number of hydrogen-bond donors (Lipinski definition) is 1. The molecule has 72 valence electrons. The van der Waals surface area contributed by atoms with Gasteiger partial charge in [0.05, 0.1) is 6.54 Å². The van der Waals surface area contributed by atoms with Crippen LogP contribution >= 0.6 is 11.3 Å². The van der Waals surface area contributed by atoms with E-state index in [1.54, 1.807) is 11.3 Å². The Labute approximate surface area is 82.7 Å². The summed E-state index contributed by atoms with van der Waals surface area (Å²) >= 11 is 1.55. The van der Waals surface area contributed by atoms with Gasteiger partial charge in [-0.25, -0.2) is 9.48 Å². The Kier molecular flexibility index (Phi) is 2.28. The van der Waals surface area contributed by atoms with Crippen LogP contribution in [0.25, 0.3) is 0 Å². The topological polar surface area (TPSA) is 67.8 Å². The van der Waals surface area contributed by atoms with E-state index in [1.807, 2.05) is 16.8 Å². The van der Waals surface area contributed by atoms with E-state index in [2.05, 4.69) is 10.1 Å². The van der Waals surface area contributed by atoms with Crippen LogP contribution < -0.4 is 11.2 Å². The molecule has 0 saturated carbocycles. The molecule has 14 heavy (non-hydrogen) atoms. The Balaban J connectivity index is 2.35. The van der Waals surface area contributed by atoms with Gasteiger partial charge in [-0.05, 0) is 22.4 Å². The number of thiophene rings is 1. The second-order valence-electron chi connectivity index (χ2n) is 2.73. The van der Waals surface area contributed by atoms with Gasteiger partial charge in [0, 0.05) is 0 Å². The zero-order valence-electron chi connectivity index (χ0n) is 7.14. The molecule has 0 radical (unpaired) electrons. The fourth-order valence-electron chi connectivity index (χ4n) is 1.04. The van der Waals surface area contributed by atoms with E-state index in [1.165, 1.54) is 4.68 Å². The van der Waals surface area contributed by atoms with Crippen LogP contribution in [-0.4, -0.2) is 14.8 Å². The number of rotatable bonds is 2. The van der Waals surface area contributed by atoms with Crippen molar-refractivity contribution in [3.63, 3.8) is 0 Å². The summed E-state index contributed by atoms with van der Waals surface area (Å²) in [5.41, 5.74) is 0.0388. The maximum absolute atomic E-state index is 11.2. The summed E-state index contributed by atoms with van der Waals surface area (Å²) in [5.74, 6) is 0. The van der Waals surface area contributed by atoms with Gasteiger partial charge in [-0.15, -0.1) is 0 Å². The molecule has 5 nitrogen and oxygen atoms in total. The van der Waals surface area contributed by atoms with Gasteiger partial charge in [0.25, 0.3) is 5.56 Å². The van der Waals surface area contributed by atoms with Gasteiger partial charge in [-0.2, -0.15) is 16.4 Å². The quantitative estimate of drug-likeness (QED) is 0.759. The minimum Gasteiger partial charge on any atom is -0.271 e. The van der Waals surface area contributed by atoms with Crippen molar-refractivity contribution in [1.82, 2.24) is 14.8 Å². The number of nitrogens with zero attached hydrogens (tertiary/aromatic N) is 2. The normalized spacial score (nSPS) is 10.3. The monoisotopic (exact) mass is 209 g/mol. The SMILES string of the molecule is O=c1cnn(Cc2ccsc2)c(=O)[nH]1. The van der Waals surface area contributed by atoms with Crippen molar-refractivity contribution < 1.29 is 0 Å². The van der Waals surface area contributed by atoms with Gasteiger partial charge in [-0.1, -0.05) is 0 Å². The van der Waals surface area contributed by atoms with Crippen molar-refractivity contribution in [2.45, 2.75) is 6.54 Å². The van der Waals surface area contributed by atoms with E-state index in [9.17, 15) is 9.59 Å². The molecule has 0 spiro atoms. The second-order valence-corrected chi connectivity index (χ2v) is 3.51. The highest BCUT2D eigenvalue weighted by Crippen LogP contribution is 2.05. The summed E-state index contributed by atoms with van der Waals surface area (Å²) in [5, 5.41) is 7.57. The first-order valence-corrected chi connectivity index (χ1v) is 4.87. The van der Waals surface area contributed by atoms with Crippen LogP contribution in [0.4, 0.5) is 0 Å². The van der Waals surface area contributed by atoms with Gasteiger partial charge >= 0.3 is 5.69 Å². The van der Waals surface area contributed by atoms with E-state index in [4.69, 9.17) is 0 Å². The van der Waals surface area contributed by atoms with E-state index in [0.29, 0.717) is 6.54 Å². The highest BCUT2D eigenvalue weighted by molar-refractivity contribution is 7.07. The molecule has 2 aromatic rings. The van der Waals surface area contributed by atoms with Gasteiger partial charge in [0.1, 0.15) is 6.20 Å². The number of aromatic nitrogens is 3. The molecule has 0 aliphatic carbocycles. The lowest BCUT2D eigenvalue weighted by molar-refractivity contribution is 0.608. The van der Waals surface area contributed by atoms with E-state index in [-0.39, 0.29) is 0 Å². The van der Waals surface area contributed by atoms with Crippen molar-refractivity contribution in [2.75, 3.05) is 0 Å². The molecule has 0 fully saturated rings. The first kappa shape index (κ1) is 8.89. The number of nitrogens with one attached hydrogen (secondary N) is 1. The molecule has 2 rings (SSSR count). The largest absolute Gasteiger partial charge is 0.345 e. The Bertz CT molecular complexity index is 526. The molecular weight excluding hydrogens is 202 g/mol. The lowest BCUT2D eigenvalue weighted by Gasteiger charge is -1.99. The Morgan fingerprint density at radius 1 is 1.50 bits per heavy atom. The maximum Gasteiger partial charge on any atom is 0.345 e. The van der Waals surface area contributed by atoms with Crippen LogP contribution in [0.5, 0.6) is 0 Å². The molecule has 0 amide bonds. The highest BCUT2D eigenvalue weighted by Gasteiger charge is 1.99. The molecule has 2 aromatic heterocycles. The summed E-state index contributed by atoms with van der Waals surface area (Å²) in [4.78, 5) is 24.1. The average Bonchev–Trinajstić information content (AvgIpc) is 2.62. The van der Waals surface area contributed by atoms with Crippen LogP contribution in [0, 0.1) is 0 Å². The molecular formula is C8H7N3O2S. The van der Waals surface area contributed by atoms with Gasteiger partial charge in [0.15, 0.2) is 0 Å². The Hall–Kier alpha value is -1.69. The lowest BCUT2D eigenvalue weighted by atomic mass is 10.3. The van der Waals surface area contributed by atoms with Crippen LogP contribution in [-0.2, 0) is 6.54 Å². The lowest BCUT2D eigenvalue weighted by Crippen LogP contribution is -2.31. The summed E-state index contributed by atoms with van der Waals surface area (Å²) in [6, 6.07) is 1.91. The first-order chi connectivity index (χ1) is 6.75. The molecule has 6 heteroatoms. The Morgan fingerprint density at radius 3 is 3.00 bits per heavy atom. The fourth-order valence-corrected chi connectivity index (χ4v) is 1.70. The first-order valence-electron chi connectivity index (χ1n) is 3.93. The molecule has 0 aliphatic rings. The fraction of sp³-hybridized carbons (Fsp3) is 0.125. The minimum atomic E-state index is -0.483. The number of H-pyrrole nitrogens is 1.